The predicted molar refractivity (Wildman–Crippen MR) is 112 cm³/mol. The van der Waals surface area contributed by atoms with Gasteiger partial charge in [-0.05, 0) is 59.1 Å². The maximum Gasteiger partial charge on any atom is 0.258 e. The van der Waals surface area contributed by atoms with Crippen molar-refractivity contribution in [3.05, 3.63) is 83.8 Å². The lowest BCUT2D eigenvalue weighted by atomic mass is 9.87. The first-order chi connectivity index (χ1) is 13.3. The number of thioether (sulfide) groups is 1. The molecule has 3 rings (SSSR count). The second-order valence-corrected chi connectivity index (χ2v) is 8.22. The molecule has 2 aromatic heterocycles. The van der Waals surface area contributed by atoms with Crippen LogP contribution in [0, 0.1) is 0 Å². The van der Waals surface area contributed by atoms with Gasteiger partial charge in [-0.3, -0.25) is 14.6 Å². The van der Waals surface area contributed by atoms with E-state index in [1.54, 1.807) is 42.9 Å². The first-order valence-corrected chi connectivity index (χ1v) is 9.65. The van der Waals surface area contributed by atoms with Gasteiger partial charge < -0.3 is 5.32 Å². The molecule has 0 atom stereocenters. The number of anilines is 1. The van der Waals surface area contributed by atoms with Crippen LogP contribution in [0.2, 0.25) is 0 Å². The van der Waals surface area contributed by atoms with Gasteiger partial charge in [-0.2, -0.15) is 0 Å². The Morgan fingerprint density at radius 2 is 1.61 bits per heavy atom. The maximum atomic E-state index is 12.7. The number of nitrogens with zero attached hydrogens (tertiary/aromatic N) is 2. The highest BCUT2D eigenvalue weighted by Crippen LogP contribution is 2.26. The highest BCUT2D eigenvalue weighted by atomic mass is 32.2. The van der Waals surface area contributed by atoms with Gasteiger partial charge in [-0.15, -0.1) is 0 Å². The monoisotopic (exact) mass is 391 g/mol. The summed E-state index contributed by atoms with van der Waals surface area (Å²) in [5.74, 6) is -0.304. The van der Waals surface area contributed by atoms with E-state index in [9.17, 15) is 9.59 Å². The lowest BCUT2D eigenvalue weighted by Crippen LogP contribution is -2.15. The topological polar surface area (TPSA) is 72.0 Å². The minimum absolute atomic E-state index is 0.0447. The second-order valence-electron chi connectivity index (χ2n) is 7.26. The summed E-state index contributed by atoms with van der Waals surface area (Å²) in [6.45, 7) is 6.42. The number of rotatable bonds is 4. The number of amides is 1. The zero-order chi connectivity index (χ0) is 20.1. The Morgan fingerprint density at radius 1 is 0.929 bits per heavy atom. The number of pyridine rings is 2. The zero-order valence-electron chi connectivity index (χ0n) is 16.0. The molecule has 0 aliphatic rings. The Hall–Kier alpha value is -2.99. The molecule has 1 amide bonds. The molecular formula is C22H21N3O2S. The zero-order valence-corrected chi connectivity index (χ0v) is 16.8. The van der Waals surface area contributed by atoms with Crippen molar-refractivity contribution >= 4 is 28.5 Å². The average molecular weight is 391 g/mol. The van der Waals surface area contributed by atoms with Crippen molar-refractivity contribution in [2.75, 3.05) is 5.32 Å². The minimum atomic E-state index is -0.304. The molecule has 0 bridgehead atoms. The van der Waals surface area contributed by atoms with E-state index in [1.807, 2.05) is 24.3 Å². The largest absolute Gasteiger partial charge is 0.322 e. The summed E-state index contributed by atoms with van der Waals surface area (Å²) in [5, 5.41) is 3.06. The Balaban J connectivity index is 1.76. The van der Waals surface area contributed by atoms with Crippen molar-refractivity contribution in [1.82, 2.24) is 9.97 Å². The van der Waals surface area contributed by atoms with Gasteiger partial charge in [0.25, 0.3) is 5.91 Å². The highest BCUT2D eigenvalue weighted by Gasteiger charge is 2.18. The molecule has 0 radical (unpaired) electrons. The van der Waals surface area contributed by atoms with Gasteiger partial charge >= 0.3 is 0 Å². The third kappa shape index (κ3) is 4.84. The number of hydrogen-bond donors (Lipinski definition) is 1. The van der Waals surface area contributed by atoms with Crippen molar-refractivity contribution < 1.29 is 9.59 Å². The van der Waals surface area contributed by atoms with E-state index in [2.05, 4.69) is 36.1 Å². The minimum Gasteiger partial charge on any atom is -0.322 e. The summed E-state index contributed by atoms with van der Waals surface area (Å²) in [6.07, 6.45) is 4.68. The Kier molecular flexibility index (Phi) is 5.90. The van der Waals surface area contributed by atoms with Crippen molar-refractivity contribution in [2.24, 2.45) is 0 Å². The molecule has 0 aliphatic carbocycles. The molecule has 0 saturated carbocycles. The molecule has 28 heavy (non-hydrogen) atoms. The SMILES string of the molecule is CC(C)(C)c1ccc(NC(=O)c2cccnc2SC(=O)c2ccncc2)cc1. The Bertz CT molecular complexity index is 981. The van der Waals surface area contributed by atoms with Crippen molar-refractivity contribution in [3.8, 4) is 0 Å². The lowest BCUT2D eigenvalue weighted by molar-refractivity contribution is 0.102. The van der Waals surface area contributed by atoms with Gasteiger partial charge in [0.05, 0.1) is 5.56 Å². The van der Waals surface area contributed by atoms with Gasteiger partial charge in [0.15, 0.2) is 0 Å². The van der Waals surface area contributed by atoms with Crippen LogP contribution in [0.4, 0.5) is 5.69 Å². The molecule has 0 spiro atoms. The Morgan fingerprint density at radius 3 is 2.25 bits per heavy atom. The Labute approximate surface area is 168 Å². The molecule has 1 aromatic carbocycles. The van der Waals surface area contributed by atoms with E-state index < -0.39 is 0 Å². The third-order valence-corrected chi connectivity index (χ3v) is 5.07. The van der Waals surface area contributed by atoms with E-state index >= 15 is 0 Å². The first-order valence-electron chi connectivity index (χ1n) is 8.84. The molecular weight excluding hydrogens is 370 g/mol. The van der Waals surface area contributed by atoms with E-state index in [4.69, 9.17) is 0 Å². The number of aromatic nitrogens is 2. The van der Waals surface area contributed by atoms with Crippen molar-refractivity contribution in [1.29, 1.82) is 0 Å². The lowest BCUT2D eigenvalue weighted by Gasteiger charge is -2.19. The van der Waals surface area contributed by atoms with Gasteiger partial charge in [0, 0.05) is 29.8 Å². The predicted octanol–water partition coefficient (Wildman–Crippen LogP) is 4.96. The van der Waals surface area contributed by atoms with Gasteiger partial charge in [-0.25, -0.2) is 4.98 Å². The van der Waals surface area contributed by atoms with Crippen LogP contribution < -0.4 is 5.32 Å². The molecule has 2 heterocycles. The van der Waals surface area contributed by atoms with Crippen LogP contribution in [0.3, 0.4) is 0 Å². The fourth-order valence-electron chi connectivity index (χ4n) is 2.53. The van der Waals surface area contributed by atoms with Crippen LogP contribution >= 0.6 is 11.8 Å². The van der Waals surface area contributed by atoms with Gasteiger partial charge in [-0.1, -0.05) is 32.9 Å². The fraction of sp³-hybridized carbons (Fsp3) is 0.182. The molecule has 5 nitrogen and oxygen atoms in total. The van der Waals surface area contributed by atoms with E-state index in [-0.39, 0.29) is 16.4 Å². The quantitative estimate of drug-likeness (QED) is 0.637. The van der Waals surface area contributed by atoms with E-state index in [0.717, 1.165) is 11.8 Å². The normalized spacial score (nSPS) is 11.1. The molecule has 6 heteroatoms. The average Bonchev–Trinajstić information content (AvgIpc) is 2.68. The van der Waals surface area contributed by atoms with Crippen LogP contribution in [0.1, 0.15) is 47.1 Å². The smallest absolute Gasteiger partial charge is 0.258 e. The molecule has 0 fully saturated rings. The highest BCUT2D eigenvalue weighted by molar-refractivity contribution is 8.14. The van der Waals surface area contributed by atoms with Crippen LogP contribution in [-0.4, -0.2) is 21.0 Å². The summed E-state index contributed by atoms with van der Waals surface area (Å²) < 4.78 is 0. The number of carbonyl (C=O) groups is 2. The van der Waals surface area contributed by atoms with E-state index in [1.165, 1.54) is 5.56 Å². The fourth-order valence-corrected chi connectivity index (χ4v) is 3.35. The van der Waals surface area contributed by atoms with E-state index in [0.29, 0.717) is 21.8 Å². The third-order valence-electron chi connectivity index (χ3n) is 4.13. The molecule has 1 N–H and O–H groups in total. The number of benzene rings is 1. The summed E-state index contributed by atoms with van der Waals surface area (Å²) in [5.41, 5.74) is 2.79. The number of carbonyl (C=O) groups excluding carboxylic acids is 2. The first kappa shape index (κ1) is 19.8. The van der Waals surface area contributed by atoms with Gasteiger partial charge in [0.2, 0.25) is 5.12 Å². The molecule has 0 saturated heterocycles. The molecule has 0 aliphatic heterocycles. The summed E-state index contributed by atoms with van der Waals surface area (Å²) in [7, 11) is 0. The molecule has 142 valence electrons. The van der Waals surface area contributed by atoms with Crippen LogP contribution in [0.15, 0.2) is 72.1 Å². The number of hydrogen-bond acceptors (Lipinski definition) is 5. The maximum absolute atomic E-state index is 12.7. The summed E-state index contributed by atoms with van der Waals surface area (Å²) in [4.78, 5) is 33.3. The van der Waals surface area contributed by atoms with Crippen molar-refractivity contribution in [2.45, 2.75) is 31.2 Å². The van der Waals surface area contributed by atoms with Crippen LogP contribution in [0.5, 0.6) is 0 Å². The van der Waals surface area contributed by atoms with Crippen LogP contribution in [0.25, 0.3) is 0 Å². The number of nitrogens with one attached hydrogen (secondary N) is 1. The van der Waals surface area contributed by atoms with Crippen LogP contribution in [-0.2, 0) is 5.41 Å². The standard InChI is InChI=1S/C22H21N3O2S/c1-22(2,3)16-6-8-17(9-7-16)25-19(26)18-5-4-12-24-20(18)28-21(27)15-10-13-23-14-11-15/h4-14H,1-3H3,(H,25,26). The summed E-state index contributed by atoms with van der Waals surface area (Å²) in [6, 6.07) is 14.4. The van der Waals surface area contributed by atoms with Crippen molar-refractivity contribution in [3.63, 3.8) is 0 Å². The molecule has 0 unspecified atom stereocenters. The summed E-state index contributed by atoms with van der Waals surface area (Å²) >= 11 is 0.929. The van der Waals surface area contributed by atoms with Gasteiger partial charge in [0.1, 0.15) is 5.03 Å². The second kappa shape index (κ2) is 8.35. The molecule has 3 aromatic rings.